The fourth-order valence-corrected chi connectivity index (χ4v) is 4.12. The number of rotatable bonds is 0. The molecule has 0 spiro atoms. The molecule has 3 heteroatoms. The molecule has 120 valence electrons. The van der Waals surface area contributed by atoms with Crippen LogP contribution in [-0.4, -0.2) is 19.9 Å². The zero-order valence-electron chi connectivity index (χ0n) is 13.4. The first-order valence-corrected chi connectivity index (χ1v) is 9.75. The fraction of sp³-hybridized carbons (Fsp3) is 0.0909. The quantitative estimate of drug-likeness (QED) is 0.689. The Kier molecular flexibility index (Phi) is 3.80. The molecule has 2 aliphatic rings. The first-order chi connectivity index (χ1) is 12.1. The zero-order valence-corrected chi connectivity index (χ0v) is 14.2. The Hall–Kier alpha value is -3.01. The second-order valence-electron chi connectivity index (χ2n) is 5.96. The van der Waals surface area contributed by atoms with E-state index in [1.54, 1.807) is 0 Å². The third-order valence-electron chi connectivity index (χ3n) is 4.17. The number of hydrogen-bond donors (Lipinski definition) is 0. The highest BCUT2D eigenvalue weighted by atomic mass is 32.2. The van der Waals surface area contributed by atoms with Crippen LogP contribution in [0.2, 0.25) is 0 Å². The number of allylic oxidation sites excluding steroid dienone is 2. The molecule has 2 aromatic carbocycles. The number of fused-ring (bicyclic) bond motifs is 4. The van der Waals surface area contributed by atoms with Crippen molar-refractivity contribution in [3.63, 3.8) is 0 Å². The van der Waals surface area contributed by atoms with Crippen LogP contribution >= 0.6 is 0 Å². The van der Waals surface area contributed by atoms with E-state index in [2.05, 4.69) is 23.7 Å². The standard InChI is InChI=1S/C22H14O2S/c23-25(24)14-6-11-18-8-2-1-7-17(18)10-5-13-22-20(16-25)15-19-9-3-4-12-21(19)22/h1-4,7-9,12-13,15H,14,16H2/b22-13+. The second kappa shape index (κ2) is 6.13. The number of sulfone groups is 1. The molecule has 0 unspecified atom stereocenters. The van der Waals surface area contributed by atoms with Gasteiger partial charge in [-0.2, -0.15) is 0 Å². The summed E-state index contributed by atoms with van der Waals surface area (Å²) in [5.74, 6) is 11.8. The van der Waals surface area contributed by atoms with Crippen molar-refractivity contribution >= 4 is 21.5 Å². The van der Waals surface area contributed by atoms with Crippen LogP contribution in [0.4, 0.5) is 0 Å². The summed E-state index contributed by atoms with van der Waals surface area (Å²) in [6.07, 6.45) is 3.76. The van der Waals surface area contributed by atoms with Crippen LogP contribution in [-0.2, 0) is 9.84 Å². The predicted octanol–water partition coefficient (Wildman–Crippen LogP) is 3.30. The molecule has 1 heterocycles. The number of hydrogen-bond acceptors (Lipinski definition) is 2. The van der Waals surface area contributed by atoms with E-state index in [4.69, 9.17) is 0 Å². The molecule has 0 bridgehead atoms. The first kappa shape index (κ1) is 15.5. The van der Waals surface area contributed by atoms with Crippen molar-refractivity contribution in [2.75, 3.05) is 11.5 Å². The monoisotopic (exact) mass is 342 g/mol. The van der Waals surface area contributed by atoms with Crippen molar-refractivity contribution in [3.8, 4) is 23.7 Å². The molecule has 0 saturated heterocycles. The highest BCUT2D eigenvalue weighted by molar-refractivity contribution is 7.91. The van der Waals surface area contributed by atoms with Crippen LogP contribution in [0.25, 0.3) is 11.6 Å². The molecule has 2 nitrogen and oxygen atoms in total. The molecule has 2 aromatic rings. The van der Waals surface area contributed by atoms with Crippen molar-refractivity contribution < 1.29 is 8.42 Å². The van der Waals surface area contributed by atoms with Crippen LogP contribution in [0.1, 0.15) is 22.3 Å². The lowest BCUT2D eigenvalue weighted by Crippen LogP contribution is -2.11. The van der Waals surface area contributed by atoms with Crippen molar-refractivity contribution in [2.45, 2.75) is 0 Å². The van der Waals surface area contributed by atoms with E-state index in [9.17, 15) is 8.42 Å². The lowest BCUT2D eigenvalue weighted by atomic mass is 10.0. The van der Waals surface area contributed by atoms with Gasteiger partial charge in [0.1, 0.15) is 5.75 Å². The summed E-state index contributed by atoms with van der Waals surface area (Å²) in [4.78, 5) is 0. The Bertz CT molecular complexity index is 1160. The van der Waals surface area contributed by atoms with Crippen LogP contribution < -0.4 is 0 Å². The lowest BCUT2D eigenvalue weighted by molar-refractivity contribution is 0.602. The summed E-state index contributed by atoms with van der Waals surface area (Å²) < 4.78 is 25.0. The molecule has 0 aromatic heterocycles. The van der Waals surface area contributed by atoms with Gasteiger partial charge in [0, 0.05) is 11.1 Å². The summed E-state index contributed by atoms with van der Waals surface area (Å²) in [5.41, 5.74) is 5.29. The maximum Gasteiger partial charge on any atom is 0.165 e. The van der Waals surface area contributed by atoms with Crippen LogP contribution in [0.5, 0.6) is 0 Å². The summed E-state index contributed by atoms with van der Waals surface area (Å²) in [5, 5.41) is 0. The summed E-state index contributed by atoms with van der Waals surface area (Å²) in [6.45, 7) is 0. The van der Waals surface area contributed by atoms with Crippen molar-refractivity contribution in [2.24, 2.45) is 0 Å². The molecule has 0 fully saturated rings. The van der Waals surface area contributed by atoms with Crippen LogP contribution in [0.15, 0.2) is 60.2 Å². The van der Waals surface area contributed by atoms with E-state index < -0.39 is 9.84 Å². The van der Waals surface area contributed by atoms with E-state index in [1.165, 1.54) is 0 Å². The average Bonchev–Trinajstić information content (AvgIpc) is 2.92. The van der Waals surface area contributed by atoms with Crippen LogP contribution in [0.3, 0.4) is 0 Å². The molecule has 0 radical (unpaired) electrons. The summed E-state index contributed by atoms with van der Waals surface area (Å²) in [7, 11) is -3.32. The molecule has 1 aliphatic carbocycles. The zero-order chi connectivity index (χ0) is 17.3. The summed E-state index contributed by atoms with van der Waals surface area (Å²) in [6, 6.07) is 15.4. The first-order valence-electron chi connectivity index (χ1n) is 7.93. The van der Waals surface area contributed by atoms with Crippen molar-refractivity contribution in [3.05, 3.63) is 82.4 Å². The van der Waals surface area contributed by atoms with Gasteiger partial charge in [0.2, 0.25) is 0 Å². The van der Waals surface area contributed by atoms with Crippen molar-refractivity contribution in [1.82, 2.24) is 0 Å². The van der Waals surface area contributed by atoms with E-state index >= 15 is 0 Å². The average molecular weight is 342 g/mol. The maximum atomic E-state index is 12.5. The van der Waals surface area contributed by atoms with Gasteiger partial charge in [-0.05, 0) is 46.6 Å². The molecular weight excluding hydrogens is 328 g/mol. The minimum Gasteiger partial charge on any atom is -0.227 e. The normalized spacial score (nSPS) is 18.9. The van der Waals surface area contributed by atoms with Gasteiger partial charge in [0.05, 0.1) is 5.75 Å². The van der Waals surface area contributed by atoms with Gasteiger partial charge in [0.15, 0.2) is 9.84 Å². The molecule has 0 N–H and O–H groups in total. The van der Waals surface area contributed by atoms with Crippen molar-refractivity contribution in [1.29, 1.82) is 0 Å². The van der Waals surface area contributed by atoms with E-state index in [-0.39, 0.29) is 11.5 Å². The summed E-state index contributed by atoms with van der Waals surface area (Å²) >= 11 is 0. The van der Waals surface area contributed by atoms with Gasteiger partial charge in [-0.3, -0.25) is 0 Å². The Morgan fingerprint density at radius 1 is 0.880 bits per heavy atom. The van der Waals surface area contributed by atoms with Gasteiger partial charge in [-0.15, -0.1) is 0 Å². The van der Waals surface area contributed by atoms with E-state index in [1.807, 2.05) is 60.7 Å². The Morgan fingerprint density at radius 2 is 1.60 bits per heavy atom. The maximum absolute atomic E-state index is 12.5. The Balaban J connectivity index is 1.91. The second-order valence-corrected chi connectivity index (χ2v) is 8.03. The highest BCUT2D eigenvalue weighted by Crippen LogP contribution is 2.35. The predicted molar refractivity (Wildman–Crippen MR) is 101 cm³/mol. The van der Waals surface area contributed by atoms with Gasteiger partial charge >= 0.3 is 0 Å². The Morgan fingerprint density at radius 3 is 2.44 bits per heavy atom. The highest BCUT2D eigenvalue weighted by Gasteiger charge is 2.22. The SMILES string of the molecule is O=S1(=O)CC#Cc2ccccc2C#C/C=C2\C(=Cc3ccccc32)C1. The molecule has 25 heavy (non-hydrogen) atoms. The van der Waals surface area contributed by atoms with Gasteiger partial charge in [-0.1, -0.05) is 60.1 Å². The molecule has 0 saturated carbocycles. The van der Waals surface area contributed by atoms with Gasteiger partial charge in [0.25, 0.3) is 0 Å². The fourth-order valence-electron chi connectivity index (χ4n) is 3.01. The molecular formula is C22H14O2S. The third-order valence-corrected chi connectivity index (χ3v) is 5.50. The number of benzene rings is 2. The largest absolute Gasteiger partial charge is 0.227 e. The van der Waals surface area contributed by atoms with Crippen LogP contribution in [0, 0.1) is 23.7 Å². The molecule has 4 rings (SSSR count). The Labute approximate surface area is 147 Å². The topological polar surface area (TPSA) is 34.1 Å². The molecule has 0 atom stereocenters. The smallest absolute Gasteiger partial charge is 0.165 e. The van der Waals surface area contributed by atoms with Gasteiger partial charge in [-0.25, -0.2) is 8.42 Å². The molecule has 1 aliphatic heterocycles. The minimum absolute atomic E-state index is 0.0223. The lowest BCUT2D eigenvalue weighted by Gasteiger charge is -2.06. The third kappa shape index (κ3) is 3.15. The van der Waals surface area contributed by atoms with E-state index in [0.717, 1.165) is 33.4 Å². The molecule has 0 amide bonds. The minimum atomic E-state index is -3.32. The van der Waals surface area contributed by atoms with Gasteiger partial charge < -0.3 is 0 Å². The van der Waals surface area contributed by atoms with E-state index in [0.29, 0.717) is 0 Å².